The summed E-state index contributed by atoms with van der Waals surface area (Å²) < 4.78 is 14.5. The van der Waals surface area contributed by atoms with Crippen molar-refractivity contribution in [3.05, 3.63) is 70.6 Å². The van der Waals surface area contributed by atoms with Gasteiger partial charge in [0, 0.05) is 6.42 Å². The second-order valence-corrected chi connectivity index (χ2v) is 10.6. The second kappa shape index (κ2) is 10.3. The second-order valence-electron chi connectivity index (χ2n) is 10.6. The maximum atomic E-state index is 14.5. The van der Waals surface area contributed by atoms with E-state index in [1.807, 2.05) is 0 Å². The molecule has 4 rings (SSSR count). The van der Waals surface area contributed by atoms with Crippen LogP contribution in [0.2, 0.25) is 0 Å². The number of halogens is 1. The van der Waals surface area contributed by atoms with Gasteiger partial charge in [-0.3, -0.25) is 0 Å². The van der Waals surface area contributed by atoms with E-state index in [0.717, 1.165) is 36.7 Å². The van der Waals surface area contributed by atoms with Crippen molar-refractivity contribution >= 4 is 0 Å². The molecule has 3 aliphatic carbocycles. The summed E-state index contributed by atoms with van der Waals surface area (Å²) in [5.74, 6) is 2.99. The third-order valence-electron chi connectivity index (χ3n) is 8.06. The highest BCUT2D eigenvalue weighted by molar-refractivity contribution is 5.33. The molecule has 1 aromatic rings. The van der Waals surface area contributed by atoms with E-state index in [-0.39, 0.29) is 5.83 Å². The van der Waals surface area contributed by atoms with Crippen molar-refractivity contribution < 1.29 is 4.39 Å². The summed E-state index contributed by atoms with van der Waals surface area (Å²) in [7, 11) is 0. The molecule has 0 N–H and O–H groups in total. The molecular weight excluding hydrogens is 379 g/mol. The van der Waals surface area contributed by atoms with Crippen LogP contribution in [-0.4, -0.2) is 0 Å². The molecule has 2 saturated carbocycles. The van der Waals surface area contributed by atoms with E-state index < -0.39 is 0 Å². The van der Waals surface area contributed by atoms with Crippen molar-refractivity contribution in [2.75, 3.05) is 0 Å². The lowest BCUT2D eigenvalue weighted by molar-refractivity contribution is 0.286. The Morgan fingerprint density at radius 1 is 1.10 bits per heavy atom. The molecular formula is C30H41F. The Morgan fingerprint density at radius 3 is 2.55 bits per heavy atom. The quantitative estimate of drug-likeness (QED) is 0.349. The average molecular weight is 421 g/mol. The third-order valence-corrected chi connectivity index (χ3v) is 8.06. The normalized spacial score (nSPS) is 25.3. The first-order chi connectivity index (χ1) is 15.0. The number of rotatable bonds is 9. The number of allylic oxidation sites excluding steroid dienone is 5. The molecule has 0 bridgehead atoms. The highest BCUT2D eigenvalue weighted by atomic mass is 19.1. The lowest BCUT2D eigenvalue weighted by Crippen LogP contribution is -2.18. The fraction of sp³-hybridized carbons (Fsp3) is 0.600. The molecule has 3 aliphatic rings. The van der Waals surface area contributed by atoms with Gasteiger partial charge in [0.25, 0.3) is 0 Å². The van der Waals surface area contributed by atoms with Gasteiger partial charge in [-0.25, -0.2) is 4.39 Å². The SMILES string of the molecule is C=C(C)CC(c1cccc(CCC2CCC(C3=C(F)CCC(CC)=C3)CC2)c1)C1CC1. The number of benzene rings is 1. The Morgan fingerprint density at radius 2 is 1.87 bits per heavy atom. The largest absolute Gasteiger partial charge is 0.212 e. The van der Waals surface area contributed by atoms with Gasteiger partial charge in [0.05, 0.1) is 0 Å². The molecule has 0 spiro atoms. The van der Waals surface area contributed by atoms with Crippen molar-refractivity contribution in [2.24, 2.45) is 17.8 Å². The predicted octanol–water partition coefficient (Wildman–Crippen LogP) is 9.24. The zero-order valence-electron chi connectivity index (χ0n) is 19.8. The van der Waals surface area contributed by atoms with Crippen LogP contribution in [-0.2, 0) is 6.42 Å². The van der Waals surface area contributed by atoms with Crippen molar-refractivity contribution in [1.82, 2.24) is 0 Å². The summed E-state index contributed by atoms with van der Waals surface area (Å²) in [6, 6.07) is 9.41. The van der Waals surface area contributed by atoms with E-state index in [4.69, 9.17) is 0 Å². The Labute approximate surface area is 189 Å². The highest BCUT2D eigenvalue weighted by Gasteiger charge is 2.32. The summed E-state index contributed by atoms with van der Waals surface area (Å²) in [4.78, 5) is 0. The van der Waals surface area contributed by atoms with Gasteiger partial charge >= 0.3 is 0 Å². The van der Waals surface area contributed by atoms with Crippen LogP contribution >= 0.6 is 0 Å². The standard InChI is InChI=1S/C30H41F/c1-4-22-12-17-30(31)29(20-22)26-13-10-23(11-14-26)8-9-24-6-5-7-27(19-24)28(18-21(2)3)25-15-16-25/h5-7,19-20,23,25-26,28H,2,4,8-18H2,1,3H3. The van der Waals surface area contributed by atoms with Gasteiger partial charge in [-0.2, -0.15) is 0 Å². The van der Waals surface area contributed by atoms with Crippen molar-refractivity contribution in [2.45, 2.75) is 96.8 Å². The van der Waals surface area contributed by atoms with Gasteiger partial charge in [0.2, 0.25) is 0 Å². The average Bonchev–Trinajstić information content (AvgIpc) is 3.62. The van der Waals surface area contributed by atoms with Crippen LogP contribution < -0.4 is 0 Å². The maximum absolute atomic E-state index is 14.5. The highest BCUT2D eigenvalue weighted by Crippen LogP contribution is 2.46. The zero-order chi connectivity index (χ0) is 21.8. The molecule has 168 valence electrons. The molecule has 0 heterocycles. The van der Waals surface area contributed by atoms with Crippen LogP contribution in [0.1, 0.15) is 102 Å². The minimum absolute atomic E-state index is 0.178. The summed E-state index contributed by atoms with van der Waals surface area (Å²) in [6.07, 6.45) is 16.1. The monoisotopic (exact) mass is 420 g/mol. The fourth-order valence-corrected chi connectivity index (χ4v) is 5.95. The maximum Gasteiger partial charge on any atom is 0.104 e. The third kappa shape index (κ3) is 5.99. The molecule has 0 amide bonds. The summed E-state index contributed by atoms with van der Waals surface area (Å²) in [5, 5.41) is 0. The summed E-state index contributed by atoms with van der Waals surface area (Å²) in [5.41, 5.74) is 6.84. The van der Waals surface area contributed by atoms with E-state index in [9.17, 15) is 4.39 Å². The fourth-order valence-electron chi connectivity index (χ4n) is 5.95. The van der Waals surface area contributed by atoms with Crippen LogP contribution in [0.15, 0.2) is 59.5 Å². The van der Waals surface area contributed by atoms with Crippen molar-refractivity contribution in [3.8, 4) is 0 Å². The first-order valence-corrected chi connectivity index (χ1v) is 12.8. The van der Waals surface area contributed by atoms with Gasteiger partial charge in [-0.15, -0.1) is 6.58 Å². The molecule has 1 unspecified atom stereocenters. The number of aryl methyl sites for hydroxylation is 1. The molecule has 1 heteroatoms. The first-order valence-electron chi connectivity index (χ1n) is 12.8. The van der Waals surface area contributed by atoms with E-state index in [2.05, 4.69) is 50.8 Å². The Balaban J connectivity index is 1.30. The van der Waals surface area contributed by atoms with Crippen LogP contribution in [0.5, 0.6) is 0 Å². The topological polar surface area (TPSA) is 0 Å². The van der Waals surface area contributed by atoms with Crippen LogP contribution in [0, 0.1) is 17.8 Å². The van der Waals surface area contributed by atoms with E-state index >= 15 is 0 Å². The molecule has 1 atom stereocenters. The molecule has 1 aromatic carbocycles. The van der Waals surface area contributed by atoms with Crippen LogP contribution in [0.4, 0.5) is 4.39 Å². The van der Waals surface area contributed by atoms with Gasteiger partial charge in [-0.1, -0.05) is 48.4 Å². The smallest absolute Gasteiger partial charge is 0.104 e. The molecule has 31 heavy (non-hydrogen) atoms. The molecule has 0 nitrogen and oxygen atoms in total. The molecule has 2 fully saturated rings. The minimum atomic E-state index is 0.178. The molecule has 0 saturated heterocycles. The van der Waals surface area contributed by atoms with E-state index in [1.165, 1.54) is 73.6 Å². The van der Waals surface area contributed by atoms with Gasteiger partial charge in [-0.05, 0) is 118 Å². The zero-order valence-corrected chi connectivity index (χ0v) is 19.8. The minimum Gasteiger partial charge on any atom is -0.212 e. The lowest BCUT2D eigenvalue weighted by Gasteiger charge is -2.31. The van der Waals surface area contributed by atoms with Crippen LogP contribution in [0.3, 0.4) is 0 Å². The molecule has 0 radical (unpaired) electrons. The number of hydrogen-bond donors (Lipinski definition) is 0. The molecule has 0 aliphatic heterocycles. The van der Waals surface area contributed by atoms with Crippen molar-refractivity contribution in [1.29, 1.82) is 0 Å². The van der Waals surface area contributed by atoms with Gasteiger partial charge in [0.1, 0.15) is 5.83 Å². The van der Waals surface area contributed by atoms with E-state index in [0.29, 0.717) is 18.3 Å². The summed E-state index contributed by atoms with van der Waals surface area (Å²) in [6.45, 7) is 8.54. The van der Waals surface area contributed by atoms with Gasteiger partial charge in [0.15, 0.2) is 0 Å². The first kappa shape index (κ1) is 22.6. The molecule has 0 aromatic heterocycles. The number of hydrogen-bond acceptors (Lipinski definition) is 0. The van der Waals surface area contributed by atoms with E-state index in [1.54, 1.807) is 0 Å². The van der Waals surface area contributed by atoms with Crippen molar-refractivity contribution in [3.63, 3.8) is 0 Å². The predicted molar refractivity (Wildman–Crippen MR) is 131 cm³/mol. The Hall–Kier alpha value is -1.63. The Kier molecular flexibility index (Phi) is 7.51. The lowest BCUT2D eigenvalue weighted by atomic mass is 9.75. The summed E-state index contributed by atoms with van der Waals surface area (Å²) >= 11 is 0. The Bertz CT molecular complexity index is 830. The van der Waals surface area contributed by atoms with Gasteiger partial charge < -0.3 is 0 Å². The van der Waals surface area contributed by atoms with Crippen LogP contribution in [0.25, 0.3) is 0 Å².